The van der Waals surface area contributed by atoms with Crippen molar-refractivity contribution in [2.75, 3.05) is 0 Å². The predicted molar refractivity (Wildman–Crippen MR) is 176 cm³/mol. The highest BCUT2D eigenvalue weighted by molar-refractivity contribution is 6.22. The van der Waals surface area contributed by atoms with E-state index in [4.69, 9.17) is 0 Å². The highest BCUT2D eigenvalue weighted by atomic mass is 14.3. The van der Waals surface area contributed by atoms with Gasteiger partial charge in [0.2, 0.25) is 0 Å². The van der Waals surface area contributed by atoms with Crippen molar-refractivity contribution in [1.29, 1.82) is 0 Å². The van der Waals surface area contributed by atoms with Crippen LogP contribution in [-0.4, -0.2) is 0 Å². The molecular formula is C41H26. The lowest BCUT2D eigenvalue weighted by atomic mass is 9.85. The maximum absolute atomic E-state index is 2.44. The van der Waals surface area contributed by atoms with Gasteiger partial charge in [0.25, 0.3) is 0 Å². The molecule has 0 unspecified atom stereocenters. The van der Waals surface area contributed by atoms with E-state index in [1.165, 1.54) is 87.6 Å². The van der Waals surface area contributed by atoms with Gasteiger partial charge in [0.15, 0.2) is 0 Å². The van der Waals surface area contributed by atoms with Gasteiger partial charge in [-0.2, -0.15) is 0 Å². The van der Waals surface area contributed by atoms with Gasteiger partial charge in [0.1, 0.15) is 0 Å². The Balaban J connectivity index is 1.32. The summed E-state index contributed by atoms with van der Waals surface area (Å²) in [4.78, 5) is 0. The van der Waals surface area contributed by atoms with E-state index in [0.29, 0.717) is 0 Å². The highest BCUT2D eigenvalue weighted by Crippen LogP contribution is 2.47. The molecule has 41 heavy (non-hydrogen) atoms. The second-order valence-corrected chi connectivity index (χ2v) is 11.3. The Morgan fingerprint density at radius 1 is 0.341 bits per heavy atom. The molecule has 8 aromatic carbocycles. The Morgan fingerprint density at radius 3 is 1.54 bits per heavy atom. The lowest BCUT2D eigenvalue weighted by Crippen LogP contribution is -1.91. The van der Waals surface area contributed by atoms with Crippen molar-refractivity contribution in [2.24, 2.45) is 0 Å². The van der Waals surface area contributed by atoms with Gasteiger partial charge in [-0.25, -0.2) is 0 Å². The monoisotopic (exact) mass is 518 g/mol. The predicted octanol–water partition coefficient (Wildman–Crippen LogP) is 11.2. The van der Waals surface area contributed by atoms with E-state index in [1.54, 1.807) is 0 Å². The van der Waals surface area contributed by atoms with Crippen molar-refractivity contribution in [3.63, 3.8) is 0 Å². The minimum atomic E-state index is 0.995. The van der Waals surface area contributed by atoms with E-state index in [1.807, 2.05) is 0 Å². The third kappa shape index (κ3) is 3.34. The summed E-state index contributed by atoms with van der Waals surface area (Å²) in [6.45, 7) is 0. The van der Waals surface area contributed by atoms with Crippen molar-refractivity contribution < 1.29 is 0 Å². The lowest BCUT2D eigenvalue weighted by molar-refractivity contribution is 1.28. The van der Waals surface area contributed by atoms with Crippen molar-refractivity contribution in [3.05, 3.63) is 157 Å². The number of fused-ring (bicyclic) bond motifs is 8. The molecule has 0 amide bonds. The molecule has 0 heterocycles. The van der Waals surface area contributed by atoms with Gasteiger partial charge >= 0.3 is 0 Å². The van der Waals surface area contributed by atoms with Crippen molar-refractivity contribution in [2.45, 2.75) is 6.42 Å². The van der Waals surface area contributed by atoms with Crippen LogP contribution < -0.4 is 0 Å². The van der Waals surface area contributed by atoms with E-state index in [0.717, 1.165) is 6.42 Å². The van der Waals surface area contributed by atoms with Gasteiger partial charge in [-0.05, 0) is 106 Å². The van der Waals surface area contributed by atoms with Gasteiger partial charge < -0.3 is 0 Å². The van der Waals surface area contributed by atoms with Crippen LogP contribution in [0.3, 0.4) is 0 Å². The first-order valence-electron chi connectivity index (χ1n) is 14.4. The van der Waals surface area contributed by atoms with Crippen LogP contribution in [-0.2, 0) is 6.42 Å². The van der Waals surface area contributed by atoms with Crippen LogP contribution in [0.5, 0.6) is 0 Å². The van der Waals surface area contributed by atoms with Gasteiger partial charge in [-0.1, -0.05) is 133 Å². The minimum Gasteiger partial charge on any atom is -0.0616 e. The summed E-state index contributed by atoms with van der Waals surface area (Å²) in [5.41, 5.74) is 10.8. The first kappa shape index (κ1) is 22.6. The Labute approximate surface area is 239 Å². The van der Waals surface area contributed by atoms with E-state index in [9.17, 15) is 0 Å². The topological polar surface area (TPSA) is 0 Å². The summed E-state index contributed by atoms with van der Waals surface area (Å²) in [5, 5.41) is 10.4. The van der Waals surface area contributed by atoms with E-state index in [2.05, 4.69) is 146 Å². The first-order chi connectivity index (χ1) is 20.3. The molecule has 0 spiro atoms. The molecule has 9 rings (SSSR count). The molecule has 1 aliphatic rings. The second kappa shape index (κ2) is 8.65. The summed E-state index contributed by atoms with van der Waals surface area (Å²) >= 11 is 0. The van der Waals surface area contributed by atoms with Gasteiger partial charge in [0, 0.05) is 0 Å². The maximum atomic E-state index is 2.44. The summed E-state index contributed by atoms with van der Waals surface area (Å²) in [6.07, 6.45) is 0.995. The molecule has 0 heteroatoms. The van der Waals surface area contributed by atoms with Crippen LogP contribution in [0.1, 0.15) is 11.1 Å². The minimum absolute atomic E-state index is 0.995. The van der Waals surface area contributed by atoms with Crippen molar-refractivity contribution in [1.82, 2.24) is 0 Å². The Bertz CT molecular complexity index is 2280. The van der Waals surface area contributed by atoms with Gasteiger partial charge in [-0.3, -0.25) is 0 Å². The number of hydrogen-bond acceptors (Lipinski definition) is 0. The number of rotatable bonds is 2. The number of hydrogen-bond donors (Lipinski definition) is 0. The first-order valence-corrected chi connectivity index (χ1v) is 14.4. The SMILES string of the molecule is c1ccc2cc(-c3c4ccccc4c(-c4ccc5c(c4)-c4ccc6ccccc6c4C5)c4ccccc34)ccc2c1. The molecule has 0 atom stereocenters. The summed E-state index contributed by atoms with van der Waals surface area (Å²) in [6, 6.07) is 54.0. The third-order valence-corrected chi connectivity index (χ3v) is 9.07. The average molecular weight is 519 g/mol. The Morgan fingerprint density at radius 2 is 0.854 bits per heavy atom. The Kier molecular flexibility index (Phi) is 4.77. The molecule has 0 saturated heterocycles. The molecule has 0 nitrogen and oxygen atoms in total. The highest BCUT2D eigenvalue weighted by Gasteiger charge is 2.23. The van der Waals surface area contributed by atoms with Crippen LogP contribution >= 0.6 is 0 Å². The van der Waals surface area contributed by atoms with Crippen molar-refractivity contribution in [3.8, 4) is 33.4 Å². The lowest BCUT2D eigenvalue weighted by Gasteiger charge is -2.18. The van der Waals surface area contributed by atoms with E-state index in [-0.39, 0.29) is 0 Å². The normalized spacial score (nSPS) is 12.3. The second-order valence-electron chi connectivity index (χ2n) is 11.3. The van der Waals surface area contributed by atoms with Crippen LogP contribution in [0.4, 0.5) is 0 Å². The summed E-state index contributed by atoms with van der Waals surface area (Å²) in [7, 11) is 0. The molecule has 0 bridgehead atoms. The molecule has 0 N–H and O–H groups in total. The summed E-state index contributed by atoms with van der Waals surface area (Å²) in [5.74, 6) is 0. The fraction of sp³-hybridized carbons (Fsp3) is 0.0244. The van der Waals surface area contributed by atoms with E-state index < -0.39 is 0 Å². The summed E-state index contributed by atoms with van der Waals surface area (Å²) < 4.78 is 0. The maximum Gasteiger partial charge on any atom is -0.000728 e. The fourth-order valence-corrected chi connectivity index (χ4v) is 7.20. The molecule has 8 aromatic rings. The van der Waals surface area contributed by atoms with Crippen LogP contribution in [0.15, 0.2) is 146 Å². The van der Waals surface area contributed by atoms with Gasteiger partial charge in [-0.15, -0.1) is 0 Å². The fourth-order valence-electron chi connectivity index (χ4n) is 7.20. The molecule has 0 aromatic heterocycles. The van der Waals surface area contributed by atoms with Gasteiger partial charge in [0.05, 0.1) is 0 Å². The molecule has 1 aliphatic carbocycles. The smallest absolute Gasteiger partial charge is 0.000728 e. The van der Waals surface area contributed by atoms with Crippen LogP contribution in [0.25, 0.3) is 76.5 Å². The molecular weight excluding hydrogens is 492 g/mol. The van der Waals surface area contributed by atoms with E-state index >= 15 is 0 Å². The zero-order chi connectivity index (χ0) is 26.9. The zero-order valence-electron chi connectivity index (χ0n) is 22.6. The molecule has 0 saturated carbocycles. The molecule has 190 valence electrons. The molecule has 0 fully saturated rings. The molecule has 0 radical (unpaired) electrons. The quantitative estimate of drug-likeness (QED) is 0.200. The largest absolute Gasteiger partial charge is 0.0616 e. The standard InChI is InChI=1S/C41H26/c1-2-11-28-23-30(19-17-26(28)9-1)40-34-13-5-7-15-36(34)41(37-16-8-6-14-35(37)40)31-20-18-29-24-39-32-12-4-3-10-27(32)21-22-33(39)38(29)25-31/h1-23,25H,24H2. The van der Waals surface area contributed by atoms with Crippen LogP contribution in [0, 0.1) is 0 Å². The average Bonchev–Trinajstić information content (AvgIpc) is 3.42. The Hall–Kier alpha value is -5.20. The van der Waals surface area contributed by atoms with Crippen molar-refractivity contribution >= 4 is 43.1 Å². The zero-order valence-corrected chi connectivity index (χ0v) is 22.6. The molecule has 0 aliphatic heterocycles. The van der Waals surface area contributed by atoms with Crippen LogP contribution in [0.2, 0.25) is 0 Å². The number of benzene rings is 8. The third-order valence-electron chi connectivity index (χ3n) is 9.07.